The Balaban J connectivity index is 1.59. The molecule has 0 radical (unpaired) electrons. The number of para-hydroxylation sites is 2. The number of nitrogens with zero attached hydrogens (tertiary/aromatic N) is 3. The van der Waals surface area contributed by atoms with Crippen LogP contribution in [0.15, 0.2) is 60.9 Å². The Labute approximate surface area is 149 Å². The largest absolute Gasteiger partial charge is 0.490 e. The number of anilines is 3. The molecule has 0 spiro atoms. The van der Waals surface area contributed by atoms with Gasteiger partial charge in [0.2, 0.25) is 0 Å². The zero-order valence-corrected chi connectivity index (χ0v) is 13.7. The summed E-state index contributed by atoms with van der Waals surface area (Å²) in [6.07, 6.45) is 1.35. The lowest BCUT2D eigenvalue weighted by molar-refractivity contribution is 0.102. The molecule has 0 atom stereocenters. The quantitative estimate of drug-likeness (QED) is 0.784. The second-order valence-corrected chi connectivity index (χ2v) is 5.69. The van der Waals surface area contributed by atoms with E-state index >= 15 is 0 Å². The fourth-order valence-electron chi connectivity index (χ4n) is 2.75. The number of carbonyl (C=O) groups is 1. The lowest BCUT2D eigenvalue weighted by Crippen LogP contribution is -2.29. The predicted octanol–water partition coefficient (Wildman–Crippen LogP) is 3.40. The molecule has 0 bridgehead atoms. The molecule has 2 heterocycles. The first-order valence-electron chi connectivity index (χ1n) is 8.09. The maximum absolute atomic E-state index is 13.0. The van der Waals surface area contributed by atoms with Gasteiger partial charge in [-0.2, -0.15) is 0 Å². The molecular weight excluding hydrogens is 335 g/mol. The Morgan fingerprint density at radius 1 is 1.12 bits per heavy atom. The van der Waals surface area contributed by atoms with Gasteiger partial charge in [-0.15, -0.1) is 0 Å². The van der Waals surface area contributed by atoms with Crippen molar-refractivity contribution in [2.75, 3.05) is 23.4 Å². The normalized spacial score (nSPS) is 12.9. The van der Waals surface area contributed by atoms with Crippen molar-refractivity contribution >= 4 is 23.1 Å². The van der Waals surface area contributed by atoms with E-state index in [-0.39, 0.29) is 17.4 Å². The Bertz CT molecular complexity index is 946. The van der Waals surface area contributed by atoms with Crippen LogP contribution in [0.1, 0.15) is 10.5 Å². The number of ether oxygens (including phenoxy) is 1. The third-order valence-electron chi connectivity index (χ3n) is 3.99. The van der Waals surface area contributed by atoms with Crippen molar-refractivity contribution in [2.45, 2.75) is 0 Å². The smallest absolute Gasteiger partial charge is 0.274 e. The molecule has 3 aromatic rings. The number of fused-ring (bicyclic) bond motifs is 1. The highest BCUT2D eigenvalue weighted by Gasteiger charge is 2.21. The van der Waals surface area contributed by atoms with Gasteiger partial charge in [-0.25, -0.2) is 14.4 Å². The van der Waals surface area contributed by atoms with Crippen molar-refractivity contribution in [1.29, 1.82) is 0 Å². The number of rotatable bonds is 3. The van der Waals surface area contributed by atoms with Crippen LogP contribution >= 0.6 is 0 Å². The number of hydrogen-bond acceptors (Lipinski definition) is 5. The monoisotopic (exact) mass is 350 g/mol. The van der Waals surface area contributed by atoms with E-state index in [1.807, 2.05) is 29.2 Å². The van der Waals surface area contributed by atoms with Gasteiger partial charge >= 0.3 is 0 Å². The fourth-order valence-corrected chi connectivity index (χ4v) is 2.75. The summed E-state index contributed by atoms with van der Waals surface area (Å²) in [7, 11) is 0. The second-order valence-electron chi connectivity index (χ2n) is 5.69. The van der Waals surface area contributed by atoms with E-state index in [0.29, 0.717) is 24.7 Å². The van der Waals surface area contributed by atoms with Gasteiger partial charge in [-0.05, 0) is 36.4 Å². The van der Waals surface area contributed by atoms with Crippen molar-refractivity contribution in [2.24, 2.45) is 0 Å². The van der Waals surface area contributed by atoms with Crippen LogP contribution in [0.4, 0.5) is 21.6 Å². The number of halogens is 1. The third-order valence-corrected chi connectivity index (χ3v) is 3.99. The standard InChI is InChI=1S/C19H15FN4O2/c20-13-5-7-14(8-6-13)23-19(25)15-11-18(22-12-21-15)24-9-10-26-17-4-2-1-3-16(17)24/h1-8,11-12H,9-10H2,(H,23,25). The highest BCUT2D eigenvalue weighted by Crippen LogP contribution is 2.35. The molecule has 130 valence electrons. The van der Waals surface area contributed by atoms with Gasteiger partial charge < -0.3 is 15.0 Å². The summed E-state index contributed by atoms with van der Waals surface area (Å²) in [4.78, 5) is 22.8. The zero-order valence-electron chi connectivity index (χ0n) is 13.7. The van der Waals surface area contributed by atoms with Crippen molar-refractivity contribution in [3.63, 3.8) is 0 Å². The average molecular weight is 350 g/mol. The summed E-state index contributed by atoms with van der Waals surface area (Å²) in [5, 5.41) is 2.70. The van der Waals surface area contributed by atoms with Crippen LogP contribution in [-0.4, -0.2) is 29.0 Å². The Hall–Kier alpha value is -3.48. The summed E-state index contributed by atoms with van der Waals surface area (Å²) in [6, 6.07) is 14.8. The minimum absolute atomic E-state index is 0.225. The highest BCUT2D eigenvalue weighted by atomic mass is 19.1. The van der Waals surface area contributed by atoms with Crippen molar-refractivity contribution in [3.05, 3.63) is 72.4 Å². The minimum Gasteiger partial charge on any atom is -0.490 e. The van der Waals surface area contributed by atoms with E-state index in [9.17, 15) is 9.18 Å². The van der Waals surface area contributed by atoms with Gasteiger partial charge in [0.25, 0.3) is 5.91 Å². The number of carbonyl (C=O) groups excluding carboxylic acids is 1. The summed E-state index contributed by atoms with van der Waals surface area (Å²) < 4.78 is 18.6. The maximum Gasteiger partial charge on any atom is 0.274 e. The number of amides is 1. The number of aromatic nitrogens is 2. The predicted molar refractivity (Wildman–Crippen MR) is 95.3 cm³/mol. The first kappa shape index (κ1) is 16.0. The summed E-state index contributed by atoms with van der Waals surface area (Å²) in [5.41, 5.74) is 1.61. The summed E-state index contributed by atoms with van der Waals surface area (Å²) in [6.45, 7) is 1.14. The lowest BCUT2D eigenvalue weighted by Gasteiger charge is -2.30. The second kappa shape index (κ2) is 6.79. The van der Waals surface area contributed by atoms with Crippen LogP contribution in [0.3, 0.4) is 0 Å². The van der Waals surface area contributed by atoms with E-state index in [1.165, 1.54) is 30.6 Å². The van der Waals surface area contributed by atoms with E-state index in [1.54, 1.807) is 6.07 Å². The molecule has 1 aromatic heterocycles. The first-order chi connectivity index (χ1) is 12.7. The number of nitrogens with one attached hydrogen (secondary N) is 1. The average Bonchev–Trinajstić information content (AvgIpc) is 2.69. The summed E-state index contributed by atoms with van der Waals surface area (Å²) in [5.74, 6) is 0.634. The van der Waals surface area contributed by atoms with Gasteiger partial charge in [-0.1, -0.05) is 12.1 Å². The van der Waals surface area contributed by atoms with E-state index in [0.717, 1.165) is 11.4 Å². The fraction of sp³-hybridized carbons (Fsp3) is 0.105. The Kier molecular flexibility index (Phi) is 4.18. The Morgan fingerprint density at radius 3 is 2.77 bits per heavy atom. The molecule has 1 N–H and O–H groups in total. The minimum atomic E-state index is -0.387. The molecular formula is C19H15FN4O2. The van der Waals surface area contributed by atoms with Gasteiger partial charge in [-0.3, -0.25) is 4.79 Å². The maximum atomic E-state index is 13.0. The molecule has 0 saturated heterocycles. The van der Waals surface area contributed by atoms with Crippen LogP contribution in [0, 0.1) is 5.82 Å². The molecule has 1 aliphatic heterocycles. The van der Waals surface area contributed by atoms with E-state index in [4.69, 9.17) is 4.74 Å². The van der Waals surface area contributed by atoms with Crippen LogP contribution in [0.25, 0.3) is 0 Å². The van der Waals surface area contributed by atoms with E-state index in [2.05, 4.69) is 15.3 Å². The van der Waals surface area contributed by atoms with Crippen LogP contribution < -0.4 is 15.0 Å². The molecule has 0 saturated carbocycles. The number of benzene rings is 2. The van der Waals surface area contributed by atoms with Crippen LogP contribution in [0.5, 0.6) is 5.75 Å². The molecule has 1 amide bonds. The van der Waals surface area contributed by atoms with Gasteiger partial charge in [0.15, 0.2) is 0 Å². The topological polar surface area (TPSA) is 67.4 Å². The molecule has 0 fully saturated rings. The zero-order chi connectivity index (χ0) is 17.9. The molecule has 26 heavy (non-hydrogen) atoms. The lowest BCUT2D eigenvalue weighted by atomic mass is 10.2. The van der Waals surface area contributed by atoms with Gasteiger partial charge in [0.05, 0.1) is 12.2 Å². The van der Waals surface area contributed by atoms with Crippen LogP contribution in [-0.2, 0) is 0 Å². The third kappa shape index (κ3) is 3.19. The Morgan fingerprint density at radius 2 is 1.92 bits per heavy atom. The summed E-state index contributed by atoms with van der Waals surface area (Å²) >= 11 is 0. The SMILES string of the molecule is O=C(Nc1ccc(F)cc1)c1cc(N2CCOc3ccccc32)ncn1. The van der Waals surface area contributed by atoms with Crippen molar-refractivity contribution in [3.8, 4) is 5.75 Å². The molecule has 4 rings (SSSR count). The van der Waals surface area contributed by atoms with Crippen molar-refractivity contribution < 1.29 is 13.9 Å². The van der Waals surface area contributed by atoms with E-state index < -0.39 is 0 Å². The van der Waals surface area contributed by atoms with Gasteiger partial charge in [0, 0.05) is 11.8 Å². The molecule has 1 aliphatic rings. The van der Waals surface area contributed by atoms with Gasteiger partial charge in [0.1, 0.15) is 36.0 Å². The molecule has 0 unspecified atom stereocenters. The molecule has 7 heteroatoms. The molecule has 0 aliphatic carbocycles. The van der Waals surface area contributed by atoms with Crippen molar-refractivity contribution in [1.82, 2.24) is 9.97 Å². The highest BCUT2D eigenvalue weighted by molar-refractivity contribution is 6.03. The molecule has 6 nitrogen and oxygen atoms in total. The van der Waals surface area contributed by atoms with Crippen LogP contribution in [0.2, 0.25) is 0 Å². The first-order valence-corrected chi connectivity index (χ1v) is 8.09. The number of hydrogen-bond donors (Lipinski definition) is 1. The molecule has 2 aromatic carbocycles.